The lowest BCUT2D eigenvalue weighted by Gasteiger charge is -2.21. The molecule has 0 spiro atoms. The van der Waals surface area contributed by atoms with Crippen LogP contribution in [0, 0.1) is 5.92 Å². The topological polar surface area (TPSA) is 12.0 Å². The fourth-order valence-electron chi connectivity index (χ4n) is 1.24. The third kappa shape index (κ3) is 2.84. The number of alkyl halides is 2. The van der Waals surface area contributed by atoms with Crippen molar-refractivity contribution in [3.63, 3.8) is 0 Å². The first-order valence-corrected chi connectivity index (χ1v) is 5.98. The Balaban J connectivity index is 2.99. The first-order chi connectivity index (χ1) is 6.98. The largest absolute Gasteiger partial charge is 0.330 e. The van der Waals surface area contributed by atoms with Gasteiger partial charge in [0.2, 0.25) is 0 Å². The lowest BCUT2D eigenvalue weighted by Crippen LogP contribution is -2.20. The highest BCUT2D eigenvalue weighted by atomic mass is 32.2. The normalized spacial score (nSPS) is 11.9. The lowest BCUT2D eigenvalue weighted by molar-refractivity contribution is -0.0513. The summed E-state index contributed by atoms with van der Waals surface area (Å²) in [5.41, 5.74) is 0.775. The number of hydrogen-bond donors (Lipinski definition) is 1. The third-order valence-corrected chi connectivity index (χ3v) is 2.63. The van der Waals surface area contributed by atoms with Crippen molar-refractivity contribution in [2.75, 3.05) is 11.0 Å². The number of nitrogens with one attached hydrogen (secondary N) is 1. The molecule has 15 heavy (non-hydrogen) atoms. The summed E-state index contributed by atoms with van der Waals surface area (Å²) in [6.07, 6.45) is 1.85. The summed E-state index contributed by atoms with van der Waals surface area (Å²) in [6.45, 7) is 3.04. The maximum absolute atomic E-state index is 13.7. The van der Waals surface area contributed by atoms with E-state index in [0.717, 1.165) is 0 Å². The minimum Gasteiger partial charge on any atom is -0.330 e. The summed E-state index contributed by atoms with van der Waals surface area (Å²) in [4.78, 5) is 0. The standard InChI is InChI=1S/C11H15F2NS/c1-8(2)11(12,13)9-5-4-6-10(7-9)14-15-3/h4-8,14H,1-3H3. The Bertz CT molecular complexity index is 326. The number of anilines is 1. The zero-order valence-corrected chi connectivity index (χ0v) is 9.87. The first kappa shape index (κ1) is 12.3. The summed E-state index contributed by atoms with van der Waals surface area (Å²) >= 11 is 1.39. The predicted molar refractivity (Wildman–Crippen MR) is 62.3 cm³/mol. The second kappa shape index (κ2) is 4.84. The van der Waals surface area contributed by atoms with Crippen molar-refractivity contribution < 1.29 is 8.78 Å². The van der Waals surface area contributed by atoms with Crippen molar-refractivity contribution in [1.29, 1.82) is 0 Å². The number of halogens is 2. The lowest BCUT2D eigenvalue weighted by atomic mass is 9.97. The molecule has 0 aliphatic carbocycles. The molecule has 1 aromatic carbocycles. The highest BCUT2D eigenvalue weighted by Crippen LogP contribution is 2.36. The summed E-state index contributed by atoms with van der Waals surface area (Å²) in [6, 6.07) is 6.38. The highest BCUT2D eigenvalue weighted by Gasteiger charge is 2.35. The summed E-state index contributed by atoms with van der Waals surface area (Å²) in [5.74, 6) is -3.46. The fourth-order valence-corrected chi connectivity index (χ4v) is 1.60. The van der Waals surface area contributed by atoms with Gasteiger partial charge in [-0.25, -0.2) is 8.78 Å². The minimum atomic E-state index is -2.77. The van der Waals surface area contributed by atoms with E-state index in [1.54, 1.807) is 12.1 Å². The first-order valence-electron chi connectivity index (χ1n) is 4.76. The molecule has 0 bridgehead atoms. The molecule has 0 saturated carbocycles. The number of hydrogen-bond acceptors (Lipinski definition) is 2. The van der Waals surface area contributed by atoms with Crippen molar-refractivity contribution >= 4 is 17.6 Å². The van der Waals surface area contributed by atoms with Crippen LogP contribution in [0.1, 0.15) is 19.4 Å². The molecular formula is C11H15F2NS. The van der Waals surface area contributed by atoms with Gasteiger partial charge in [-0.05, 0) is 12.1 Å². The molecular weight excluding hydrogens is 216 g/mol. The van der Waals surface area contributed by atoms with E-state index in [1.807, 2.05) is 6.26 Å². The Labute approximate surface area is 93.4 Å². The minimum absolute atomic E-state index is 0.0663. The maximum Gasteiger partial charge on any atom is 0.275 e. The second-order valence-electron chi connectivity index (χ2n) is 3.66. The molecule has 1 nitrogen and oxygen atoms in total. The quantitative estimate of drug-likeness (QED) is 0.782. The van der Waals surface area contributed by atoms with Gasteiger partial charge >= 0.3 is 0 Å². The van der Waals surface area contributed by atoms with Crippen LogP contribution < -0.4 is 4.72 Å². The van der Waals surface area contributed by atoms with Gasteiger partial charge in [0.05, 0.1) is 0 Å². The average Bonchev–Trinajstić information content (AvgIpc) is 2.18. The Morgan fingerprint density at radius 1 is 1.33 bits per heavy atom. The summed E-state index contributed by atoms with van der Waals surface area (Å²) in [7, 11) is 0. The van der Waals surface area contributed by atoms with Crippen molar-refractivity contribution in [1.82, 2.24) is 0 Å². The van der Waals surface area contributed by atoms with Crippen LogP contribution in [-0.2, 0) is 5.92 Å². The summed E-state index contributed by atoms with van der Waals surface area (Å²) in [5, 5.41) is 0. The van der Waals surface area contributed by atoms with Gasteiger partial charge in [-0.3, -0.25) is 0 Å². The molecule has 0 saturated heterocycles. The molecule has 84 valence electrons. The predicted octanol–water partition coefficient (Wildman–Crippen LogP) is 4.12. The Hall–Kier alpha value is -0.770. The molecule has 0 fully saturated rings. The van der Waals surface area contributed by atoms with Gasteiger partial charge in [0.25, 0.3) is 5.92 Å². The van der Waals surface area contributed by atoms with Gasteiger partial charge in [-0.15, -0.1) is 0 Å². The molecule has 0 heterocycles. The molecule has 0 aliphatic heterocycles. The van der Waals surface area contributed by atoms with Gasteiger partial charge in [0, 0.05) is 23.4 Å². The van der Waals surface area contributed by atoms with Crippen LogP contribution in [-0.4, -0.2) is 6.26 Å². The molecule has 0 radical (unpaired) electrons. The second-order valence-corrected chi connectivity index (χ2v) is 4.28. The van der Waals surface area contributed by atoms with Crippen molar-refractivity contribution in [2.45, 2.75) is 19.8 Å². The Morgan fingerprint density at radius 2 is 2.00 bits per heavy atom. The maximum atomic E-state index is 13.7. The summed E-state index contributed by atoms with van der Waals surface area (Å²) < 4.78 is 30.3. The molecule has 1 rings (SSSR count). The van der Waals surface area contributed by atoms with Gasteiger partial charge in [-0.2, -0.15) is 0 Å². The number of benzene rings is 1. The zero-order chi connectivity index (χ0) is 11.5. The molecule has 0 atom stereocenters. The van der Waals surface area contributed by atoms with E-state index in [0.29, 0.717) is 5.69 Å². The monoisotopic (exact) mass is 231 g/mol. The van der Waals surface area contributed by atoms with Crippen LogP contribution in [0.4, 0.5) is 14.5 Å². The number of rotatable bonds is 4. The fraction of sp³-hybridized carbons (Fsp3) is 0.455. The van der Waals surface area contributed by atoms with Gasteiger partial charge in [-0.1, -0.05) is 37.9 Å². The molecule has 1 N–H and O–H groups in total. The molecule has 4 heteroatoms. The van der Waals surface area contributed by atoms with E-state index in [1.165, 1.54) is 37.9 Å². The molecule has 0 amide bonds. The van der Waals surface area contributed by atoms with Gasteiger partial charge in [0.1, 0.15) is 0 Å². The molecule has 0 unspecified atom stereocenters. The van der Waals surface area contributed by atoms with Crippen LogP contribution in [0.3, 0.4) is 0 Å². The van der Waals surface area contributed by atoms with E-state index >= 15 is 0 Å². The smallest absolute Gasteiger partial charge is 0.275 e. The van der Waals surface area contributed by atoms with E-state index < -0.39 is 11.8 Å². The SMILES string of the molecule is CSNc1cccc(C(F)(F)C(C)C)c1. The average molecular weight is 231 g/mol. The van der Waals surface area contributed by atoms with Gasteiger partial charge in [0.15, 0.2) is 0 Å². The van der Waals surface area contributed by atoms with Crippen LogP contribution in [0.15, 0.2) is 24.3 Å². The van der Waals surface area contributed by atoms with Crippen LogP contribution in [0.2, 0.25) is 0 Å². The van der Waals surface area contributed by atoms with E-state index in [2.05, 4.69) is 4.72 Å². The van der Waals surface area contributed by atoms with Crippen molar-refractivity contribution in [2.24, 2.45) is 5.92 Å². The van der Waals surface area contributed by atoms with Crippen molar-refractivity contribution in [3.05, 3.63) is 29.8 Å². The van der Waals surface area contributed by atoms with Crippen LogP contribution in [0.5, 0.6) is 0 Å². The van der Waals surface area contributed by atoms with Gasteiger partial charge < -0.3 is 4.72 Å². The zero-order valence-electron chi connectivity index (χ0n) is 9.05. The highest BCUT2D eigenvalue weighted by molar-refractivity contribution is 7.99. The van der Waals surface area contributed by atoms with E-state index in [9.17, 15) is 8.78 Å². The van der Waals surface area contributed by atoms with Crippen LogP contribution >= 0.6 is 11.9 Å². The Morgan fingerprint density at radius 3 is 2.53 bits per heavy atom. The van der Waals surface area contributed by atoms with E-state index in [4.69, 9.17) is 0 Å². The molecule has 0 aromatic heterocycles. The van der Waals surface area contributed by atoms with E-state index in [-0.39, 0.29) is 5.56 Å². The molecule has 0 aliphatic rings. The van der Waals surface area contributed by atoms with Crippen LogP contribution in [0.25, 0.3) is 0 Å². The van der Waals surface area contributed by atoms with Crippen molar-refractivity contribution in [3.8, 4) is 0 Å². The molecule has 1 aromatic rings. The third-order valence-electron chi connectivity index (χ3n) is 2.19. The Kier molecular flexibility index (Phi) is 3.97.